The van der Waals surface area contributed by atoms with Crippen LogP contribution in [0.25, 0.3) is 0 Å². The second-order valence-corrected chi connectivity index (χ2v) is 6.14. The largest absolute Gasteiger partial charge is 0.370 e. The number of rotatable bonds is 7. The highest BCUT2D eigenvalue weighted by Gasteiger charge is 2.03. The van der Waals surface area contributed by atoms with Gasteiger partial charge in [-0.3, -0.25) is 4.98 Å². The minimum Gasteiger partial charge on any atom is -0.370 e. The van der Waals surface area contributed by atoms with Gasteiger partial charge in [0.05, 0.1) is 12.2 Å². The fourth-order valence-electron chi connectivity index (χ4n) is 2.44. The molecule has 0 saturated heterocycles. The molecule has 0 fully saturated rings. The van der Waals surface area contributed by atoms with Crippen molar-refractivity contribution in [2.45, 2.75) is 19.9 Å². The molecule has 0 atom stereocenters. The Morgan fingerprint density at radius 2 is 1.92 bits per heavy atom. The number of aromatic nitrogens is 3. The van der Waals surface area contributed by atoms with Gasteiger partial charge in [0, 0.05) is 29.5 Å². The molecule has 128 valence electrons. The normalized spacial score (nSPS) is 10.5. The van der Waals surface area contributed by atoms with Crippen LogP contribution in [0.2, 0.25) is 5.02 Å². The van der Waals surface area contributed by atoms with Crippen molar-refractivity contribution in [3.8, 4) is 0 Å². The van der Waals surface area contributed by atoms with Crippen LogP contribution < -0.4 is 10.6 Å². The van der Waals surface area contributed by atoms with Gasteiger partial charge in [0.15, 0.2) is 0 Å². The van der Waals surface area contributed by atoms with E-state index in [0.717, 1.165) is 35.2 Å². The van der Waals surface area contributed by atoms with Crippen LogP contribution in [0.3, 0.4) is 0 Å². The Kier molecular flexibility index (Phi) is 5.80. The van der Waals surface area contributed by atoms with Crippen LogP contribution in [-0.2, 0) is 13.0 Å². The van der Waals surface area contributed by atoms with E-state index in [1.807, 2.05) is 49.4 Å². The van der Waals surface area contributed by atoms with E-state index in [4.69, 9.17) is 11.6 Å². The van der Waals surface area contributed by atoms with Crippen molar-refractivity contribution in [1.82, 2.24) is 15.0 Å². The number of hydrogen-bond donors (Lipinski definition) is 2. The topological polar surface area (TPSA) is 62.7 Å². The highest BCUT2D eigenvalue weighted by molar-refractivity contribution is 6.30. The molecule has 0 spiro atoms. The molecule has 2 N–H and O–H groups in total. The zero-order valence-corrected chi connectivity index (χ0v) is 14.8. The summed E-state index contributed by atoms with van der Waals surface area (Å²) in [7, 11) is 0. The van der Waals surface area contributed by atoms with Gasteiger partial charge in [0.2, 0.25) is 5.95 Å². The van der Waals surface area contributed by atoms with E-state index in [2.05, 4.69) is 31.7 Å². The van der Waals surface area contributed by atoms with Crippen LogP contribution >= 0.6 is 11.6 Å². The number of pyridine rings is 1. The van der Waals surface area contributed by atoms with Crippen molar-refractivity contribution >= 4 is 23.4 Å². The summed E-state index contributed by atoms with van der Waals surface area (Å²) >= 11 is 6.01. The fraction of sp³-hybridized carbons (Fsp3) is 0.211. The molecule has 3 aromatic rings. The SMILES string of the molecule is Cc1cc(NCCc2cccc(Cl)c2)nc(NCc2ccccn2)n1. The first-order valence-electron chi connectivity index (χ1n) is 8.17. The first-order valence-corrected chi connectivity index (χ1v) is 8.54. The summed E-state index contributed by atoms with van der Waals surface area (Å²) in [6, 6.07) is 15.7. The third-order valence-corrected chi connectivity index (χ3v) is 3.85. The maximum atomic E-state index is 6.01. The summed E-state index contributed by atoms with van der Waals surface area (Å²) in [4.78, 5) is 13.2. The molecule has 0 aliphatic rings. The lowest BCUT2D eigenvalue weighted by Crippen LogP contribution is -2.10. The van der Waals surface area contributed by atoms with Crippen molar-refractivity contribution in [3.63, 3.8) is 0 Å². The standard InChI is InChI=1S/C19H20ClN5/c1-14-11-18(22-10-8-15-5-4-6-16(20)12-15)25-19(24-14)23-13-17-7-2-3-9-21-17/h2-7,9,11-12H,8,10,13H2,1H3,(H2,22,23,24,25). The molecule has 3 rings (SSSR count). The predicted molar refractivity (Wildman–Crippen MR) is 102 cm³/mol. The summed E-state index contributed by atoms with van der Waals surface area (Å²) in [5.41, 5.74) is 3.05. The third kappa shape index (κ3) is 5.43. The Hall–Kier alpha value is -2.66. The lowest BCUT2D eigenvalue weighted by Gasteiger charge is -2.10. The van der Waals surface area contributed by atoms with E-state index in [1.165, 1.54) is 5.56 Å². The van der Waals surface area contributed by atoms with Gasteiger partial charge < -0.3 is 10.6 Å². The van der Waals surface area contributed by atoms with Crippen molar-refractivity contribution in [1.29, 1.82) is 0 Å². The second kappa shape index (κ2) is 8.44. The number of benzene rings is 1. The van der Waals surface area contributed by atoms with Crippen molar-refractivity contribution < 1.29 is 0 Å². The second-order valence-electron chi connectivity index (χ2n) is 5.70. The molecule has 0 unspecified atom stereocenters. The van der Waals surface area contributed by atoms with Gasteiger partial charge >= 0.3 is 0 Å². The van der Waals surface area contributed by atoms with Gasteiger partial charge in [-0.1, -0.05) is 29.8 Å². The minimum atomic E-state index is 0.590. The molecule has 0 aliphatic heterocycles. The monoisotopic (exact) mass is 353 g/mol. The first-order chi connectivity index (χ1) is 12.2. The number of nitrogens with zero attached hydrogens (tertiary/aromatic N) is 3. The molecular weight excluding hydrogens is 334 g/mol. The first kappa shape index (κ1) is 17.2. The van der Waals surface area contributed by atoms with Crippen molar-refractivity contribution in [3.05, 3.63) is 76.7 Å². The smallest absolute Gasteiger partial charge is 0.225 e. The number of hydrogen-bond acceptors (Lipinski definition) is 5. The summed E-state index contributed by atoms with van der Waals surface area (Å²) < 4.78 is 0. The molecule has 25 heavy (non-hydrogen) atoms. The Morgan fingerprint density at radius 1 is 1.00 bits per heavy atom. The van der Waals surface area contributed by atoms with Gasteiger partial charge in [-0.15, -0.1) is 0 Å². The predicted octanol–water partition coefficient (Wildman–Crippen LogP) is 4.10. The molecule has 0 bridgehead atoms. The van der Waals surface area contributed by atoms with E-state index in [0.29, 0.717) is 12.5 Å². The zero-order valence-electron chi connectivity index (χ0n) is 14.0. The highest BCUT2D eigenvalue weighted by Crippen LogP contribution is 2.13. The molecule has 0 saturated carbocycles. The lowest BCUT2D eigenvalue weighted by atomic mass is 10.1. The molecule has 1 aromatic carbocycles. The van der Waals surface area contributed by atoms with Crippen LogP contribution in [-0.4, -0.2) is 21.5 Å². The molecular formula is C19H20ClN5. The minimum absolute atomic E-state index is 0.590. The Balaban J connectivity index is 1.57. The molecule has 0 aliphatic carbocycles. The van der Waals surface area contributed by atoms with Gasteiger partial charge in [-0.2, -0.15) is 4.98 Å². The average molecular weight is 354 g/mol. The molecule has 0 radical (unpaired) electrons. The van der Waals surface area contributed by atoms with Crippen LogP contribution in [0.1, 0.15) is 17.0 Å². The number of halogens is 1. The molecule has 2 aromatic heterocycles. The van der Waals surface area contributed by atoms with Gasteiger partial charge in [0.25, 0.3) is 0 Å². The maximum Gasteiger partial charge on any atom is 0.225 e. The van der Waals surface area contributed by atoms with Crippen molar-refractivity contribution in [2.75, 3.05) is 17.2 Å². The Morgan fingerprint density at radius 3 is 2.72 bits per heavy atom. The van der Waals surface area contributed by atoms with E-state index in [-0.39, 0.29) is 0 Å². The average Bonchev–Trinajstić information content (AvgIpc) is 2.61. The maximum absolute atomic E-state index is 6.01. The van der Waals surface area contributed by atoms with Crippen LogP contribution in [0, 0.1) is 6.92 Å². The van der Waals surface area contributed by atoms with Crippen LogP contribution in [0.4, 0.5) is 11.8 Å². The summed E-state index contributed by atoms with van der Waals surface area (Å²) in [5.74, 6) is 1.40. The van der Waals surface area contributed by atoms with Crippen molar-refractivity contribution in [2.24, 2.45) is 0 Å². The van der Waals surface area contributed by atoms with Crippen LogP contribution in [0.15, 0.2) is 54.7 Å². The van der Waals surface area contributed by atoms with Gasteiger partial charge in [-0.05, 0) is 43.2 Å². The van der Waals surface area contributed by atoms with E-state index < -0.39 is 0 Å². The quantitative estimate of drug-likeness (QED) is 0.669. The number of nitrogens with one attached hydrogen (secondary N) is 2. The lowest BCUT2D eigenvalue weighted by molar-refractivity contribution is 0.968. The van der Waals surface area contributed by atoms with E-state index >= 15 is 0 Å². The molecule has 2 heterocycles. The fourth-order valence-corrected chi connectivity index (χ4v) is 2.65. The summed E-state index contributed by atoms with van der Waals surface area (Å²) in [6.07, 6.45) is 2.65. The third-order valence-electron chi connectivity index (χ3n) is 3.62. The highest BCUT2D eigenvalue weighted by atomic mass is 35.5. The van der Waals surface area contributed by atoms with Crippen LogP contribution in [0.5, 0.6) is 0 Å². The molecule has 5 nitrogen and oxygen atoms in total. The van der Waals surface area contributed by atoms with E-state index in [9.17, 15) is 0 Å². The van der Waals surface area contributed by atoms with Gasteiger partial charge in [-0.25, -0.2) is 4.98 Å². The zero-order chi connectivity index (χ0) is 17.5. The molecule has 6 heteroatoms. The summed E-state index contributed by atoms with van der Waals surface area (Å²) in [5, 5.41) is 7.32. The number of aryl methyl sites for hydroxylation is 1. The van der Waals surface area contributed by atoms with Gasteiger partial charge in [0.1, 0.15) is 5.82 Å². The summed E-state index contributed by atoms with van der Waals surface area (Å²) in [6.45, 7) is 3.32. The Labute approximate surface area is 152 Å². The molecule has 0 amide bonds. The van der Waals surface area contributed by atoms with E-state index in [1.54, 1.807) is 6.20 Å². The Bertz CT molecular complexity index is 823. The number of anilines is 2.